The maximum absolute atomic E-state index is 6.43. The topological polar surface area (TPSA) is 48.1 Å². The Hall–Kier alpha value is -1.58. The van der Waals surface area contributed by atoms with Crippen molar-refractivity contribution in [2.75, 3.05) is 7.11 Å². The summed E-state index contributed by atoms with van der Waals surface area (Å²) < 4.78 is 5.23. The molecule has 1 aromatic carbocycles. The lowest BCUT2D eigenvalue weighted by atomic mass is 9.87. The minimum absolute atomic E-state index is 0.514. The number of methoxy groups -OCH3 is 1. The van der Waals surface area contributed by atoms with Crippen molar-refractivity contribution < 1.29 is 4.74 Å². The first-order valence-electron chi connectivity index (χ1n) is 6.05. The average Bonchev–Trinajstić information content (AvgIpc) is 2.41. The number of halogens is 1. The van der Waals surface area contributed by atoms with Crippen molar-refractivity contribution in [3.63, 3.8) is 0 Å². The minimum atomic E-state index is -0.514. The smallest absolute Gasteiger partial charge is 0.119 e. The van der Waals surface area contributed by atoms with Gasteiger partial charge < -0.3 is 10.5 Å². The number of ether oxygens (including phenoxy) is 1. The zero-order valence-electron chi connectivity index (χ0n) is 11.1. The molecule has 1 heterocycles. The molecule has 0 bridgehead atoms. The van der Waals surface area contributed by atoms with Crippen LogP contribution >= 0.6 is 11.6 Å². The minimum Gasteiger partial charge on any atom is -0.497 e. The summed E-state index contributed by atoms with van der Waals surface area (Å²) in [5.74, 6) is 0.801. The van der Waals surface area contributed by atoms with E-state index in [4.69, 9.17) is 22.1 Å². The Bertz CT molecular complexity index is 570. The van der Waals surface area contributed by atoms with Gasteiger partial charge in [-0.05, 0) is 42.7 Å². The molecule has 2 N–H and O–H groups in total. The molecule has 1 unspecified atom stereocenters. The highest BCUT2D eigenvalue weighted by Gasteiger charge is 2.23. The number of hydrogen-bond donors (Lipinski definition) is 1. The van der Waals surface area contributed by atoms with Crippen LogP contribution < -0.4 is 10.5 Å². The number of aromatic nitrogens is 1. The maximum Gasteiger partial charge on any atom is 0.119 e. The molecule has 0 aliphatic heterocycles. The summed E-state index contributed by atoms with van der Waals surface area (Å²) >= 11 is 6.13. The molecule has 0 saturated heterocycles. The van der Waals surface area contributed by atoms with E-state index in [-0.39, 0.29) is 0 Å². The molecule has 0 aliphatic carbocycles. The highest BCUT2D eigenvalue weighted by atomic mass is 35.5. The molecule has 2 aromatic rings. The van der Waals surface area contributed by atoms with E-state index in [1.54, 1.807) is 19.5 Å². The number of hydrogen-bond acceptors (Lipinski definition) is 3. The fraction of sp³-hybridized carbons (Fsp3) is 0.267. The highest BCUT2D eigenvalue weighted by Crippen LogP contribution is 2.28. The average molecular weight is 277 g/mol. The third-order valence-electron chi connectivity index (χ3n) is 3.14. The Morgan fingerprint density at radius 2 is 2.16 bits per heavy atom. The summed E-state index contributed by atoms with van der Waals surface area (Å²) in [6.07, 6.45) is 4.00. The molecule has 0 aliphatic rings. The number of pyridine rings is 1. The maximum atomic E-state index is 6.43. The first-order chi connectivity index (χ1) is 9.03. The summed E-state index contributed by atoms with van der Waals surface area (Å²) in [6.45, 7) is 1.98. The Morgan fingerprint density at radius 1 is 1.37 bits per heavy atom. The molecule has 0 fully saturated rings. The molecule has 3 nitrogen and oxygen atoms in total. The molecule has 100 valence electrons. The molecule has 0 amide bonds. The third kappa shape index (κ3) is 3.25. The summed E-state index contributed by atoms with van der Waals surface area (Å²) in [6, 6.07) is 9.69. The lowest BCUT2D eigenvalue weighted by Crippen LogP contribution is -2.35. The Morgan fingerprint density at radius 3 is 2.84 bits per heavy atom. The van der Waals surface area contributed by atoms with Gasteiger partial charge >= 0.3 is 0 Å². The quantitative estimate of drug-likeness (QED) is 0.933. The van der Waals surface area contributed by atoms with E-state index in [1.165, 1.54) is 0 Å². The normalized spacial score (nSPS) is 13.9. The molecule has 0 spiro atoms. The lowest BCUT2D eigenvalue weighted by Gasteiger charge is -2.26. The lowest BCUT2D eigenvalue weighted by molar-refractivity contribution is 0.410. The fourth-order valence-corrected chi connectivity index (χ4v) is 2.21. The van der Waals surface area contributed by atoms with Crippen molar-refractivity contribution in [3.05, 3.63) is 58.9 Å². The van der Waals surface area contributed by atoms with Gasteiger partial charge in [-0.3, -0.25) is 4.98 Å². The van der Waals surface area contributed by atoms with Crippen molar-refractivity contribution >= 4 is 11.6 Å². The monoisotopic (exact) mass is 276 g/mol. The van der Waals surface area contributed by atoms with Crippen molar-refractivity contribution in [1.82, 2.24) is 4.98 Å². The predicted octanol–water partition coefficient (Wildman–Crippen LogP) is 3.16. The molecule has 4 heteroatoms. The van der Waals surface area contributed by atoms with Crippen LogP contribution in [0.5, 0.6) is 5.75 Å². The molecular formula is C15H17ClN2O. The van der Waals surface area contributed by atoms with Crippen molar-refractivity contribution in [3.8, 4) is 5.75 Å². The number of rotatable bonds is 4. The molecular weight excluding hydrogens is 260 g/mol. The number of benzene rings is 1. The molecule has 19 heavy (non-hydrogen) atoms. The fourth-order valence-electron chi connectivity index (χ4n) is 2.02. The van der Waals surface area contributed by atoms with Gasteiger partial charge in [0.25, 0.3) is 0 Å². The van der Waals surface area contributed by atoms with Crippen LogP contribution in [0.25, 0.3) is 0 Å². The second-order valence-electron chi connectivity index (χ2n) is 4.79. The number of nitrogens with zero attached hydrogens (tertiary/aromatic N) is 1. The first-order valence-corrected chi connectivity index (χ1v) is 6.42. The van der Waals surface area contributed by atoms with E-state index in [0.717, 1.165) is 16.9 Å². The van der Waals surface area contributed by atoms with E-state index in [9.17, 15) is 0 Å². The number of nitrogens with two attached hydrogens (primary N) is 1. The van der Waals surface area contributed by atoms with Crippen LogP contribution in [0.15, 0.2) is 42.7 Å². The van der Waals surface area contributed by atoms with Crippen LogP contribution in [-0.2, 0) is 12.0 Å². The van der Waals surface area contributed by atoms with Gasteiger partial charge in [-0.15, -0.1) is 0 Å². The van der Waals surface area contributed by atoms with Crippen LogP contribution in [0.2, 0.25) is 5.02 Å². The van der Waals surface area contributed by atoms with Crippen LogP contribution in [-0.4, -0.2) is 12.1 Å². The van der Waals surface area contributed by atoms with Gasteiger partial charge in [0.05, 0.1) is 12.1 Å². The van der Waals surface area contributed by atoms with Crippen LogP contribution in [0.3, 0.4) is 0 Å². The van der Waals surface area contributed by atoms with Crippen molar-refractivity contribution in [1.29, 1.82) is 0 Å². The molecule has 1 atom stereocenters. The van der Waals surface area contributed by atoms with Gasteiger partial charge in [-0.2, -0.15) is 0 Å². The van der Waals surface area contributed by atoms with E-state index < -0.39 is 5.54 Å². The van der Waals surface area contributed by atoms with Gasteiger partial charge in [0.1, 0.15) is 5.75 Å². The summed E-state index contributed by atoms with van der Waals surface area (Å²) in [5, 5.41) is 0.641. The van der Waals surface area contributed by atoms with E-state index in [0.29, 0.717) is 11.4 Å². The third-order valence-corrected chi connectivity index (χ3v) is 3.48. The summed E-state index contributed by atoms with van der Waals surface area (Å²) in [7, 11) is 1.65. The van der Waals surface area contributed by atoms with Crippen molar-refractivity contribution in [2.24, 2.45) is 5.73 Å². The summed E-state index contributed by atoms with van der Waals surface area (Å²) in [4.78, 5) is 3.98. The standard InChI is InChI=1S/C15H17ClN2O/c1-15(17,9-11-6-7-18-10-14(11)16)12-4-3-5-13(8-12)19-2/h3-8,10H,9,17H2,1-2H3. The summed E-state index contributed by atoms with van der Waals surface area (Å²) in [5.41, 5.74) is 7.92. The first kappa shape index (κ1) is 13.8. The van der Waals surface area contributed by atoms with E-state index in [1.807, 2.05) is 37.3 Å². The van der Waals surface area contributed by atoms with E-state index >= 15 is 0 Å². The highest BCUT2D eigenvalue weighted by molar-refractivity contribution is 6.31. The zero-order valence-corrected chi connectivity index (χ0v) is 11.8. The van der Waals surface area contributed by atoms with Crippen LogP contribution in [0.1, 0.15) is 18.1 Å². The Labute approximate surface area is 118 Å². The van der Waals surface area contributed by atoms with Gasteiger partial charge in [-0.1, -0.05) is 23.7 Å². The Balaban J connectivity index is 2.29. The second-order valence-corrected chi connectivity index (χ2v) is 5.20. The zero-order chi connectivity index (χ0) is 13.9. The van der Waals surface area contributed by atoms with Crippen LogP contribution in [0, 0.1) is 0 Å². The van der Waals surface area contributed by atoms with Crippen molar-refractivity contribution in [2.45, 2.75) is 18.9 Å². The van der Waals surface area contributed by atoms with Crippen LogP contribution in [0.4, 0.5) is 0 Å². The van der Waals surface area contributed by atoms with Gasteiger partial charge in [0, 0.05) is 17.9 Å². The molecule has 1 aromatic heterocycles. The SMILES string of the molecule is COc1cccc(C(C)(N)Cc2ccncc2Cl)c1. The van der Waals surface area contributed by atoms with Gasteiger partial charge in [-0.25, -0.2) is 0 Å². The van der Waals surface area contributed by atoms with Gasteiger partial charge in [0.15, 0.2) is 0 Å². The second kappa shape index (κ2) is 5.59. The van der Waals surface area contributed by atoms with Gasteiger partial charge in [0.2, 0.25) is 0 Å². The Kier molecular flexibility index (Phi) is 4.08. The predicted molar refractivity (Wildman–Crippen MR) is 77.5 cm³/mol. The molecule has 0 saturated carbocycles. The molecule has 0 radical (unpaired) electrons. The largest absolute Gasteiger partial charge is 0.497 e. The molecule has 2 rings (SSSR count). The van der Waals surface area contributed by atoms with E-state index in [2.05, 4.69) is 4.98 Å².